The minimum atomic E-state index is -3.71. The van der Waals surface area contributed by atoms with E-state index < -0.39 is 10.0 Å². The SMILES string of the molecule is CCOc1ccc(S(=O)(=O)Nc2ccc(C)cc2C)cc1OCC. The summed E-state index contributed by atoms with van der Waals surface area (Å²) in [4.78, 5) is 0.134. The second kappa shape index (κ2) is 7.57. The molecular weight excluding hydrogens is 326 g/mol. The molecule has 5 nitrogen and oxygen atoms in total. The van der Waals surface area contributed by atoms with Crippen LogP contribution in [0.15, 0.2) is 41.3 Å². The molecule has 2 aromatic rings. The van der Waals surface area contributed by atoms with Crippen molar-refractivity contribution in [3.05, 3.63) is 47.5 Å². The van der Waals surface area contributed by atoms with Gasteiger partial charge in [-0.25, -0.2) is 8.42 Å². The molecule has 0 aromatic heterocycles. The van der Waals surface area contributed by atoms with Gasteiger partial charge < -0.3 is 9.47 Å². The molecule has 0 heterocycles. The number of benzene rings is 2. The first-order valence-corrected chi connectivity index (χ1v) is 9.35. The molecule has 0 aliphatic rings. The Bertz CT molecular complexity index is 816. The zero-order valence-corrected chi connectivity index (χ0v) is 15.2. The molecule has 24 heavy (non-hydrogen) atoms. The van der Waals surface area contributed by atoms with Crippen LogP contribution in [0, 0.1) is 13.8 Å². The lowest BCUT2D eigenvalue weighted by atomic mass is 10.1. The van der Waals surface area contributed by atoms with Crippen LogP contribution in [0.5, 0.6) is 11.5 Å². The van der Waals surface area contributed by atoms with Gasteiger partial charge in [0.2, 0.25) is 0 Å². The van der Waals surface area contributed by atoms with E-state index in [0.29, 0.717) is 30.4 Å². The highest BCUT2D eigenvalue weighted by atomic mass is 32.2. The van der Waals surface area contributed by atoms with Gasteiger partial charge in [-0.3, -0.25) is 4.72 Å². The van der Waals surface area contributed by atoms with Crippen LogP contribution in [0.1, 0.15) is 25.0 Å². The van der Waals surface area contributed by atoms with Crippen LogP contribution in [-0.2, 0) is 10.0 Å². The molecule has 0 bridgehead atoms. The van der Waals surface area contributed by atoms with Crippen LogP contribution < -0.4 is 14.2 Å². The lowest BCUT2D eigenvalue weighted by Gasteiger charge is -2.14. The third-order valence-corrected chi connectivity index (χ3v) is 4.81. The lowest BCUT2D eigenvalue weighted by molar-refractivity contribution is 0.287. The third kappa shape index (κ3) is 4.20. The van der Waals surface area contributed by atoms with Gasteiger partial charge in [0.1, 0.15) is 0 Å². The van der Waals surface area contributed by atoms with Gasteiger partial charge in [-0.15, -0.1) is 0 Å². The fraction of sp³-hybridized carbons (Fsp3) is 0.333. The maximum absolute atomic E-state index is 12.7. The van der Waals surface area contributed by atoms with Crippen molar-refractivity contribution in [2.45, 2.75) is 32.6 Å². The number of rotatable bonds is 7. The Morgan fingerprint density at radius 2 is 1.58 bits per heavy atom. The van der Waals surface area contributed by atoms with E-state index in [0.717, 1.165) is 11.1 Å². The normalized spacial score (nSPS) is 11.2. The Labute approximate surface area is 143 Å². The van der Waals surface area contributed by atoms with Crippen molar-refractivity contribution >= 4 is 15.7 Å². The maximum Gasteiger partial charge on any atom is 0.262 e. The zero-order valence-electron chi connectivity index (χ0n) is 14.4. The van der Waals surface area contributed by atoms with E-state index in [1.165, 1.54) is 12.1 Å². The highest BCUT2D eigenvalue weighted by Crippen LogP contribution is 2.31. The summed E-state index contributed by atoms with van der Waals surface area (Å²) in [5.41, 5.74) is 2.51. The molecule has 0 amide bonds. The van der Waals surface area contributed by atoms with Gasteiger partial charge in [-0.1, -0.05) is 17.7 Å². The first kappa shape index (κ1) is 18.1. The number of anilines is 1. The number of sulfonamides is 1. The Hall–Kier alpha value is -2.21. The molecule has 1 N–H and O–H groups in total. The van der Waals surface area contributed by atoms with Crippen molar-refractivity contribution in [2.75, 3.05) is 17.9 Å². The number of aryl methyl sites for hydroxylation is 2. The van der Waals surface area contributed by atoms with Gasteiger partial charge >= 0.3 is 0 Å². The molecule has 0 aliphatic carbocycles. The molecule has 0 spiro atoms. The van der Waals surface area contributed by atoms with E-state index in [9.17, 15) is 8.42 Å². The Kier molecular flexibility index (Phi) is 5.72. The molecular formula is C18H23NO4S. The maximum atomic E-state index is 12.7. The summed E-state index contributed by atoms with van der Waals surface area (Å²) in [5, 5.41) is 0. The first-order chi connectivity index (χ1) is 11.4. The molecule has 0 unspecified atom stereocenters. The van der Waals surface area contributed by atoms with Crippen LogP contribution in [-0.4, -0.2) is 21.6 Å². The molecule has 0 aliphatic heterocycles. The molecule has 130 valence electrons. The van der Waals surface area contributed by atoms with Crippen LogP contribution >= 0.6 is 0 Å². The van der Waals surface area contributed by atoms with Crippen molar-refractivity contribution in [2.24, 2.45) is 0 Å². The zero-order chi connectivity index (χ0) is 17.7. The molecule has 6 heteroatoms. The van der Waals surface area contributed by atoms with E-state index >= 15 is 0 Å². The molecule has 0 fully saturated rings. The van der Waals surface area contributed by atoms with Crippen LogP contribution in [0.25, 0.3) is 0 Å². The summed E-state index contributed by atoms with van der Waals surface area (Å²) in [5.74, 6) is 0.952. The Morgan fingerprint density at radius 3 is 2.21 bits per heavy atom. The topological polar surface area (TPSA) is 64.6 Å². The molecule has 2 rings (SSSR count). The van der Waals surface area contributed by atoms with Crippen molar-refractivity contribution in [3.63, 3.8) is 0 Å². The smallest absolute Gasteiger partial charge is 0.262 e. The first-order valence-electron chi connectivity index (χ1n) is 7.87. The Morgan fingerprint density at radius 1 is 0.917 bits per heavy atom. The molecule has 0 saturated carbocycles. The summed E-state index contributed by atoms with van der Waals surface area (Å²) in [6, 6.07) is 10.2. The predicted molar refractivity (Wildman–Crippen MR) is 95.5 cm³/mol. The molecule has 0 saturated heterocycles. The minimum absolute atomic E-state index is 0.134. The summed E-state index contributed by atoms with van der Waals surface area (Å²) < 4.78 is 38.9. The van der Waals surface area contributed by atoms with Crippen molar-refractivity contribution < 1.29 is 17.9 Å². The van der Waals surface area contributed by atoms with Gasteiger partial charge in [0.25, 0.3) is 10.0 Å². The Balaban J connectivity index is 2.36. The van der Waals surface area contributed by atoms with Gasteiger partial charge in [0.05, 0.1) is 23.8 Å². The number of ether oxygens (including phenoxy) is 2. The highest BCUT2D eigenvalue weighted by Gasteiger charge is 2.18. The fourth-order valence-corrected chi connectivity index (χ4v) is 3.48. The van der Waals surface area contributed by atoms with E-state index in [2.05, 4.69) is 4.72 Å². The lowest BCUT2D eigenvalue weighted by Crippen LogP contribution is -2.14. The summed E-state index contributed by atoms with van der Waals surface area (Å²) in [6.45, 7) is 8.44. The van der Waals surface area contributed by atoms with E-state index in [1.54, 1.807) is 12.1 Å². The van der Waals surface area contributed by atoms with Crippen molar-refractivity contribution in [3.8, 4) is 11.5 Å². The van der Waals surface area contributed by atoms with Crippen LogP contribution in [0.4, 0.5) is 5.69 Å². The largest absolute Gasteiger partial charge is 0.490 e. The van der Waals surface area contributed by atoms with Gasteiger partial charge in [-0.2, -0.15) is 0 Å². The van der Waals surface area contributed by atoms with Crippen molar-refractivity contribution in [1.29, 1.82) is 0 Å². The van der Waals surface area contributed by atoms with Crippen molar-refractivity contribution in [1.82, 2.24) is 0 Å². The fourth-order valence-electron chi connectivity index (χ4n) is 2.33. The average Bonchev–Trinajstić information content (AvgIpc) is 2.52. The summed E-state index contributed by atoms with van der Waals surface area (Å²) >= 11 is 0. The minimum Gasteiger partial charge on any atom is -0.490 e. The van der Waals surface area contributed by atoms with Gasteiger partial charge in [-0.05, 0) is 51.5 Å². The summed E-state index contributed by atoms with van der Waals surface area (Å²) in [6.07, 6.45) is 0. The van der Waals surface area contributed by atoms with Gasteiger partial charge in [0.15, 0.2) is 11.5 Å². The molecule has 0 radical (unpaired) electrons. The highest BCUT2D eigenvalue weighted by molar-refractivity contribution is 7.92. The number of nitrogens with one attached hydrogen (secondary N) is 1. The molecule has 0 atom stereocenters. The van der Waals surface area contributed by atoms with E-state index in [4.69, 9.17) is 9.47 Å². The number of hydrogen-bond acceptors (Lipinski definition) is 4. The van der Waals surface area contributed by atoms with E-state index in [1.807, 2.05) is 39.8 Å². The van der Waals surface area contributed by atoms with E-state index in [-0.39, 0.29) is 4.90 Å². The second-order valence-electron chi connectivity index (χ2n) is 5.40. The monoisotopic (exact) mass is 349 g/mol. The van der Waals surface area contributed by atoms with Gasteiger partial charge in [0, 0.05) is 6.07 Å². The third-order valence-electron chi connectivity index (χ3n) is 3.45. The average molecular weight is 349 g/mol. The van der Waals surface area contributed by atoms with Crippen LogP contribution in [0.2, 0.25) is 0 Å². The quantitative estimate of drug-likeness (QED) is 0.823. The standard InChI is InChI=1S/C18H23NO4S/c1-5-22-17-10-8-15(12-18(17)23-6-2)24(20,21)19-16-9-7-13(3)11-14(16)4/h7-12,19H,5-6H2,1-4H3. The second-order valence-corrected chi connectivity index (χ2v) is 7.08. The number of hydrogen-bond donors (Lipinski definition) is 1. The predicted octanol–water partition coefficient (Wildman–Crippen LogP) is 3.90. The summed E-state index contributed by atoms with van der Waals surface area (Å²) in [7, 11) is -3.71. The van der Waals surface area contributed by atoms with Crippen LogP contribution in [0.3, 0.4) is 0 Å². The molecule has 2 aromatic carbocycles.